The molecule has 2 heterocycles. The number of nitrogens with one attached hydrogen (secondary N) is 1. The Balaban J connectivity index is 1.38. The molecule has 208 valence electrons. The fourth-order valence-electron chi connectivity index (χ4n) is 4.69. The van der Waals surface area contributed by atoms with Crippen molar-refractivity contribution in [1.29, 1.82) is 0 Å². The Kier molecular flexibility index (Phi) is 7.86. The summed E-state index contributed by atoms with van der Waals surface area (Å²) >= 11 is 0. The summed E-state index contributed by atoms with van der Waals surface area (Å²) in [5, 5.41) is 8.94. The monoisotopic (exact) mass is 541 g/mol. The number of amides is 1. The molecule has 0 spiro atoms. The first kappa shape index (κ1) is 27.4. The standard InChI is InChI=1S/C31H35N5O4/c1-31(2,3)27-20-28(36(34-27)22-8-6-7-21(32)19-22)33-30(38)29(37)25-11-12-26(24-10-5-4-9-23(24)25)40-18-15-35-13-16-39-17-14-35/h4-12,19-20H,13-18,32H2,1-3H3,(H,33,38). The first-order valence-electron chi connectivity index (χ1n) is 13.5. The number of nitrogen functional groups attached to an aromatic ring is 1. The lowest BCUT2D eigenvalue weighted by Gasteiger charge is -2.26. The van der Waals surface area contributed by atoms with Gasteiger partial charge in [-0.2, -0.15) is 5.10 Å². The van der Waals surface area contributed by atoms with Gasteiger partial charge in [0.1, 0.15) is 18.2 Å². The van der Waals surface area contributed by atoms with Crippen LogP contribution in [0.15, 0.2) is 66.7 Å². The van der Waals surface area contributed by atoms with Gasteiger partial charge in [0.2, 0.25) is 0 Å². The fourth-order valence-corrected chi connectivity index (χ4v) is 4.69. The summed E-state index contributed by atoms with van der Waals surface area (Å²) in [6.45, 7) is 10.7. The third-order valence-corrected chi connectivity index (χ3v) is 6.94. The van der Waals surface area contributed by atoms with Crippen LogP contribution in [0, 0.1) is 0 Å². The van der Waals surface area contributed by atoms with Crippen LogP contribution in [-0.4, -0.2) is 65.8 Å². The predicted molar refractivity (Wildman–Crippen MR) is 156 cm³/mol. The van der Waals surface area contributed by atoms with Crippen molar-refractivity contribution in [3.8, 4) is 11.4 Å². The molecule has 1 fully saturated rings. The summed E-state index contributed by atoms with van der Waals surface area (Å²) in [5.74, 6) is -0.332. The minimum Gasteiger partial charge on any atom is -0.492 e. The first-order valence-corrected chi connectivity index (χ1v) is 13.5. The van der Waals surface area contributed by atoms with E-state index in [2.05, 4.69) is 10.2 Å². The number of ketones is 1. The van der Waals surface area contributed by atoms with Crippen molar-refractivity contribution in [2.45, 2.75) is 26.2 Å². The summed E-state index contributed by atoms with van der Waals surface area (Å²) in [5.41, 5.74) is 8.04. The van der Waals surface area contributed by atoms with Crippen LogP contribution in [0.3, 0.4) is 0 Å². The number of fused-ring (bicyclic) bond motifs is 1. The molecule has 1 aliphatic heterocycles. The molecule has 3 N–H and O–H groups in total. The van der Waals surface area contributed by atoms with Gasteiger partial charge in [0.05, 0.1) is 24.6 Å². The number of hydrogen-bond acceptors (Lipinski definition) is 7. The number of anilines is 2. The van der Waals surface area contributed by atoms with E-state index >= 15 is 0 Å². The second kappa shape index (κ2) is 11.5. The molecule has 3 aromatic carbocycles. The van der Waals surface area contributed by atoms with Crippen molar-refractivity contribution < 1.29 is 19.1 Å². The molecule has 0 atom stereocenters. The summed E-state index contributed by atoms with van der Waals surface area (Å²) in [4.78, 5) is 29.1. The van der Waals surface area contributed by atoms with Gasteiger partial charge in [-0.05, 0) is 35.7 Å². The highest BCUT2D eigenvalue weighted by atomic mass is 16.5. The minimum atomic E-state index is -0.753. The highest BCUT2D eigenvalue weighted by molar-refractivity contribution is 6.48. The molecule has 1 aliphatic rings. The van der Waals surface area contributed by atoms with Crippen molar-refractivity contribution in [1.82, 2.24) is 14.7 Å². The number of rotatable bonds is 8. The van der Waals surface area contributed by atoms with E-state index in [1.165, 1.54) is 0 Å². The Labute approximate surface area is 233 Å². The molecule has 9 nitrogen and oxygen atoms in total. The number of Topliss-reactive ketones (excluding diaryl/α,β-unsaturated/α-hetero) is 1. The van der Waals surface area contributed by atoms with E-state index in [4.69, 9.17) is 20.3 Å². The molecule has 0 saturated carbocycles. The second-order valence-electron chi connectivity index (χ2n) is 10.9. The fraction of sp³-hybridized carbons (Fsp3) is 0.323. The molecule has 9 heteroatoms. The smallest absolute Gasteiger partial charge is 0.297 e. The molecular formula is C31H35N5O4. The first-order chi connectivity index (χ1) is 19.2. The van der Waals surface area contributed by atoms with E-state index in [9.17, 15) is 9.59 Å². The molecule has 1 aromatic heterocycles. The summed E-state index contributed by atoms with van der Waals surface area (Å²) in [7, 11) is 0. The number of benzene rings is 3. The Morgan fingerprint density at radius 1 is 1.00 bits per heavy atom. The molecule has 0 aliphatic carbocycles. The van der Waals surface area contributed by atoms with Crippen LogP contribution in [0.4, 0.5) is 11.5 Å². The van der Waals surface area contributed by atoms with Crippen LogP contribution in [0.5, 0.6) is 5.75 Å². The number of carbonyl (C=O) groups excluding carboxylic acids is 2. The van der Waals surface area contributed by atoms with E-state index in [1.54, 1.807) is 35.0 Å². The summed E-state index contributed by atoms with van der Waals surface area (Å²) in [6, 6.07) is 19.9. The maximum atomic E-state index is 13.5. The van der Waals surface area contributed by atoms with E-state index in [0.29, 0.717) is 40.5 Å². The van der Waals surface area contributed by atoms with Crippen molar-refractivity contribution in [3.63, 3.8) is 0 Å². The zero-order valence-electron chi connectivity index (χ0n) is 23.1. The molecular weight excluding hydrogens is 506 g/mol. The maximum absolute atomic E-state index is 13.5. The van der Waals surface area contributed by atoms with Crippen molar-refractivity contribution in [3.05, 3.63) is 78.0 Å². The van der Waals surface area contributed by atoms with Gasteiger partial charge in [-0.3, -0.25) is 14.5 Å². The Bertz CT molecular complexity index is 1530. The van der Waals surface area contributed by atoms with Crippen molar-refractivity contribution in [2.24, 2.45) is 0 Å². The lowest BCUT2D eigenvalue weighted by molar-refractivity contribution is -0.112. The van der Waals surface area contributed by atoms with Crippen LogP contribution < -0.4 is 15.8 Å². The lowest BCUT2D eigenvalue weighted by atomic mass is 9.92. The summed E-state index contributed by atoms with van der Waals surface area (Å²) < 4.78 is 13.1. The second-order valence-corrected chi connectivity index (χ2v) is 10.9. The number of ether oxygens (including phenoxy) is 2. The molecule has 0 bridgehead atoms. The van der Waals surface area contributed by atoms with Crippen LogP contribution in [-0.2, 0) is 14.9 Å². The number of aromatic nitrogens is 2. The number of hydrogen-bond donors (Lipinski definition) is 2. The van der Waals surface area contributed by atoms with Gasteiger partial charge in [-0.1, -0.05) is 51.1 Å². The van der Waals surface area contributed by atoms with Crippen molar-refractivity contribution >= 4 is 34.0 Å². The van der Waals surface area contributed by atoms with E-state index < -0.39 is 11.7 Å². The van der Waals surface area contributed by atoms with Gasteiger partial charge in [-0.15, -0.1) is 0 Å². The Morgan fingerprint density at radius 2 is 1.75 bits per heavy atom. The SMILES string of the molecule is CC(C)(C)c1cc(NC(=O)C(=O)c2ccc(OCCN3CCOCC3)c3ccccc23)n(-c2cccc(N)c2)n1. The van der Waals surface area contributed by atoms with Crippen LogP contribution >= 0.6 is 0 Å². The van der Waals surface area contributed by atoms with Crippen LogP contribution in [0.25, 0.3) is 16.5 Å². The third kappa shape index (κ3) is 6.00. The topological polar surface area (TPSA) is 112 Å². The number of nitrogens with zero attached hydrogens (tertiary/aromatic N) is 3. The zero-order chi connectivity index (χ0) is 28.3. The molecule has 1 amide bonds. The van der Waals surface area contributed by atoms with Crippen LogP contribution in [0.2, 0.25) is 0 Å². The third-order valence-electron chi connectivity index (χ3n) is 6.94. The number of carbonyl (C=O) groups is 2. The highest BCUT2D eigenvalue weighted by Crippen LogP contribution is 2.30. The van der Waals surface area contributed by atoms with E-state index in [0.717, 1.165) is 43.9 Å². The average Bonchev–Trinajstić information content (AvgIpc) is 3.38. The number of morpholine rings is 1. The average molecular weight is 542 g/mol. The molecule has 5 rings (SSSR count). The van der Waals surface area contributed by atoms with Gasteiger partial charge in [-0.25, -0.2) is 4.68 Å². The van der Waals surface area contributed by atoms with Crippen molar-refractivity contribution in [2.75, 3.05) is 50.5 Å². The van der Waals surface area contributed by atoms with E-state index in [1.807, 2.05) is 57.2 Å². The zero-order valence-corrected chi connectivity index (χ0v) is 23.1. The normalized spacial score (nSPS) is 14.3. The molecule has 0 unspecified atom stereocenters. The molecule has 40 heavy (non-hydrogen) atoms. The number of nitrogens with two attached hydrogens (primary N) is 1. The minimum absolute atomic E-state index is 0.275. The van der Waals surface area contributed by atoms with Gasteiger partial charge in [0, 0.05) is 47.8 Å². The Morgan fingerprint density at radius 3 is 2.48 bits per heavy atom. The quantitative estimate of drug-likeness (QED) is 0.193. The molecule has 4 aromatic rings. The van der Waals surface area contributed by atoms with Crippen LogP contribution in [0.1, 0.15) is 36.8 Å². The maximum Gasteiger partial charge on any atom is 0.297 e. The van der Waals surface area contributed by atoms with Gasteiger partial charge in [0.25, 0.3) is 11.7 Å². The molecule has 1 saturated heterocycles. The van der Waals surface area contributed by atoms with Gasteiger partial charge < -0.3 is 20.5 Å². The van der Waals surface area contributed by atoms with Gasteiger partial charge in [0.15, 0.2) is 0 Å². The molecule has 0 radical (unpaired) electrons. The lowest BCUT2D eigenvalue weighted by Crippen LogP contribution is -2.38. The predicted octanol–water partition coefficient (Wildman–Crippen LogP) is 4.44. The summed E-state index contributed by atoms with van der Waals surface area (Å²) in [6.07, 6.45) is 0. The van der Waals surface area contributed by atoms with E-state index in [-0.39, 0.29) is 5.41 Å². The van der Waals surface area contributed by atoms with Gasteiger partial charge >= 0.3 is 0 Å². The Hall–Kier alpha value is -4.21. The highest BCUT2D eigenvalue weighted by Gasteiger charge is 2.25. The largest absolute Gasteiger partial charge is 0.492 e.